The van der Waals surface area contributed by atoms with Gasteiger partial charge in [0, 0.05) is 19.8 Å². The third-order valence-corrected chi connectivity index (χ3v) is 2.02. The summed E-state index contributed by atoms with van der Waals surface area (Å²) in [6.07, 6.45) is 1.97. The molecule has 0 saturated carbocycles. The van der Waals surface area contributed by atoms with Crippen LogP contribution in [0.4, 0.5) is 0 Å². The first-order chi connectivity index (χ1) is 7.15. The molecule has 0 radical (unpaired) electrons. The summed E-state index contributed by atoms with van der Waals surface area (Å²) in [7, 11) is 3.11. The number of methoxy groups -OCH3 is 1. The van der Waals surface area contributed by atoms with Gasteiger partial charge in [0.25, 0.3) is 5.91 Å². The predicted octanol–water partition coefficient (Wildman–Crippen LogP) is 0.318. The van der Waals surface area contributed by atoms with E-state index >= 15 is 0 Å². The normalized spacial score (nSPS) is 9.73. The van der Waals surface area contributed by atoms with Crippen LogP contribution in [-0.4, -0.2) is 30.1 Å². The fraction of sp³-hybridized carbons (Fsp3) is 0.400. The molecule has 0 aliphatic carbocycles. The van der Waals surface area contributed by atoms with E-state index < -0.39 is 0 Å². The van der Waals surface area contributed by atoms with Crippen molar-refractivity contribution in [1.29, 1.82) is 0 Å². The van der Waals surface area contributed by atoms with Crippen molar-refractivity contribution in [2.75, 3.05) is 13.7 Å². The topological polar surface area (TPSA) is 60.3 Å². The van der Waals surface area contributed by atoms with Gasteiger partial charge in [-0.1, -0.05) is 0 Å². The molecule has 5 heteroatoms. The molecule has 1 N–H and O–H groups in total. The standard InChI is InChI=1S/C10H14N2O3/c1-12-7-3-4-8(12)10(14)11-6-5-9(13)15-2/h3-4,7H,5-6H2,1-2H3,(H,11,14). The first kappa shape index (κ1) is 11.3. The minimum atomic E-state index is -0.331. The highest BCUT2D eigenvalue weighted by Gasteiger charge is 2.08. The molecule has 0 bridgehead atoms. The third-order valence-electron chi connectivity index (χ3n) is 2.02. The number of nitrogens with one attached hydrogen (secondary N) is 1. The highest BCUT2D eigenvalue weighted by molar-refractivity contribution is 5.92. The van der Waals surface area contributed by atoms with Crippen LogP contribution < -0.4 is 5.32 Å². The van der Waals surface area contributed by atoms with E-state index in [0.717, 1.165) is 0 Å². The number of carbonyl (C=O) groups is 2. The second-order valence-electron chi connectivity index (χ2n) is 3.09. The van der Waals surface area contributed by atoms with Crippen molar-refractivity contribution in [3.05, 3.63) is 24.0 Å². The lowest BCUT2D eigenvalue weighted by atomic mass is 10.3. The summed E-state index contributed by atoms with van der Waals surface area (Å²) in [6, 6.07) is 3.50. The fourth-order valence-electron chi connectivity index (χ4n) is 1.17. The van der Waals surface area contributed by atoms with Crippen LogP contribution in [0, 0.1) is 0 Å². The van der Waals surface area contributed by atoms with Crippen LogP contribution in [0.1, 0.15) is 16.9 Å². The van der Waals surface area contributed by atoms with Crippen LogP contribution in [0.5, 0.6) is 0 Å². The average molecular weight is 210 g/mol. The van der Waals surface area contributed by atoms with E-state index in [-0.39, 0.29) is 24.8 Å². The molecule has 0 aromatic carbocycles. The van der Waals surface area contributed by atoms with Crippen molar-refractivity contribution in [2.24, 2.45) is 7.05 Å². The second-order valence-corrected chi connectivity index (χ2v) is 3.09. The van der Waals surface area contributed by atoms with Crippen molar-refractivity contribution < 1.29 is 14.3 Å². The predicted molar refractivity (Wildman–Crippen MR) is 54.4 cm³/mol. The molecular formula is C10H14N2O3. The number of hydrogen-bond donors (Lipinski definition) is 1. The van der Waals surface area contributed by atoms with Gasteiger partial charge in [0.1, 0.15) is 5.69 Å². The highest BCUT2D eigenvalue weighted by atomic mass is 16.5. The zero-order chi connectivity index (χ0) is 11.3. The molecular weight excluding hydrogens is 196 g/mol. The first-order valence-electron chi connectivity index (χ1n) is 4.61. The van der Waals surface area contributed by atoms with Gasteiger partial charge in [-0.15, -0.1) is 0 Å². The van der Waals surface area contributed by atoms with Crippen LogP contribution in [0.3, 0.4) is 0 Å². The summed E-state index contributed by atoms with van der Waals surface area (Å²) < 4.78 is 6.17. The maximum absolute atomic E-state index is 11.5. The molecule has 1 amide bonds. The second kappa shape index (κ2) is 5.19. The van der Waals surface area contributed by atoms with Crippen molar-refractivity contribution in [3.63, 3.8) is 0 Å². The lowest BCUT2D eigenvalue weighted by Gasteiger charge is -2.04. The van der Waals surface area contributed by atoms with Crippen LogP contribution in [0.2, 0.25) is 0 Å². The van der Waals surface area contributed by atoms with E-state index in [0.29, 0.717) is 5.69 Å². The summed E-state index contributed by atoms with van der Waals surface area (Å²) in [5.74, 6) is -0.520. The molecule has 0 saturated heterocycles. The van der Waals surface area contributed by atoms with Crippen LogP contribution >= 0.6 is 0 Å². The lowest BCUT2D eigenvalue weighted by molar-refractivity contribution is -0.140. The molecule has 1 aromatic rings. The Hall–Kier alpha value is -1.78. The Balaban J connectivity index is 2.38. The largest absolute Gasteiger partial charge is 0.469 e. The van der Waals surface area contributed by atoms with Gasteiger partial charge in [-0.3, -0.25) is 9.59 Å². The lowest BCUT2D eigenvalue weighted by Crippen LogP contribution is -2.27. The van der Waals surface area contributed by atoms with E-state index in [2.05, 4.69) is 10.1 Å². The molecule has 0 atom stereocenters. The average Bonchev–Trinajstić information content (AvgIpc) is 2.64. The van der Waals surface area contributed by atoms with Gasteiger partial charge < -0.3 is 14.6 Å². The number of nitrogens with zero attached hydrogens (tertiary/aromatic N) is 1. The number of carbonyl (C=O) groups excluding carboxylic acids is 2. The summed E-state index contributed by atoms with van der Waals surface area (Å²) in [5.41, 5.74) is 0.569. The molecule has 0 unspecified atom stereocenters. The molecule has 5 nitrogen and oxygen atoms in total. The van der Waals surface area contributed by atoms with E-state index in [1.165, 1.54) is 7.11 Å². The minimum absolute atomic E-state index is 0.187. The number of aromatic nitrogens is 1. The van der Waals surface area contributed by atoms with Crippen LogP contribution in [0.25, 0.3) is 0 Å². The Morgan fingerprint density at radius 3 is 2.80 bits per heavy atom. The molecule has 0 spiro atoms. The van der Waals surface area contributed by atoms with Gasteiger partial charge in [0.2, 0.25) is 0 Å². The summed E-state index contributed by atoms with van der Waals surface area (Å²) in [4.78, 5) is 22.3. The maximum atomic E-state index is 11.5. The van der Waals surface area contributed by atoms with Gasteiger partial charge in [-0.2, -0.15) is 0 Å². The summed E-state index contributed by atoms with van der Waals surface area (Å²) >= 11 is 0. The van der Waals surface area contributed by atoms with Gasteiger partial charge in [0.05, 0.1) is 13.5 Å². The Kier molecular flexibility index (Phi) is 3.91. The van der Waals surface area contributed by atoms with Gasteiger partial charge in [-0.05, 0) is 12.1 Å². The summed E-state index contributed by atoms with van der Waals surface area (Å²) in [6.45, 7) is 0.288. The number of esters is 1. The van der Waals surface area contributed by atoms with Gasteiger partial charge >= 0.3 is 5.97 Å². The van der Waals surface area contributed by atoms with Crippen molar-refractivity contribution >= 4 is 11.9 Å². The molecule has 1 rings (SSSR count). The van der Waals surface area contributed by atoms with Crippen molar-refractivity contribution in [2.45, 2.75) is 6.42 Å². The number of hydrogen-bond acceptors (Lipinski definition) is 3. The third kappa shape index (κ3) is 3.12. The first-order valence-corrected chi connectivity index (χ1v) is 4.61. The van der Waals surface area contributed by atoms with E-state index in [9.17, 15) is 9.59 Å². The fourth-order valence-corrected chi connectivity index (χ4v) is 1.17. The maximum Gasteiger partial charge on any atom is 0.307 e. The smallest absolute Gasteiger partial charge is 0.307 e. The quantitative estimate of drug-likeness (QED) is 0.728. The molecule has 0 aliphatic heterocycles. The Morgan fingerprint density at radius 2 is 2.27 bits per heavy atom. The van der Waals surface area contributed by atoms with E-state index in [1.807, 2.05) is 0 Å². The number of rotatable bonds is 4. The molecule has 1 heterocycles. The Bertz CT molecular complexity index is 357. The SMILES string of the molecule is COC(=O)CCNC(=O)c1cccn1C. The molecule has 15 heavy (non-hydrogen) atoms. The van der Waals surface area contributed by atoms with E-state index in [1.54, 1.807) is 29.9 Å². The highest BCUT2D eigenvalue weighted by Crippen LogP contribution is 1.98. The van der Waals surface area contributed by atoms with Crippen LogP contribution in [-0.2, 0) is 16.6 Å². The van der Waals surface area contributed by atoms with Gasteiger partial charge in [-0.25, -0.2) is 0 Å². The molecule has 0 aliphatic rings. The zero-order valence-corrected chi connectivity index (χ0v) is 8.82. The Morgan fingerprint density at radius 1 is 1.53 bits per heavy atom. The van der Waals surface area contributed by atoms with E-state index in [4.69, 9.17) is 0 Å². The van der Waals surface area contributed by atoms with Crippen molar-refractivity contribution in [1.82, 2.24) is 9.88 Å². The number of ether oxygens (including phenoxy) is 1. The van der Waals surface area contributed by atoms with Gasteiger partial charge in [0.15, 0.2) is 0 Å². The van der Waals surface area contributed by atoms with Crippen molar-refractivity contribution in [3.8, 4) is 0 Å². The Labute approximate surface area is 88.0 Å². The minimum Gasteiger partial charge on any atom is -0.469 e. The number of aryl methyl sites for hydroxylation is 1. The monoisotopic (exact) mass is 210 g/mol. The molecule has 0 fully saturated rings. The number of amides is 1. The molecule has 82 valence electrons. The summed E-state index contributed by atoms with van der Waals surface area (Å²) in [5, 5.41) is 2.63. The zero-order valence-electron chi connectivity index (χ0n) is 8.82. The van der Waals surface area contributed by atoms with Crippen LogP contribution in [0.15, 0.2) is 18.3 Å². The molecule has 1 aromatic heterocycles.